The van der Waals surface area contributed by atoms with Gasteiger partial charge in [0.1, 0.15) is 5.75 Å². The Hall–Kier alpha value is -1.25. The van der Waals surface area contributed by atoms with Gasteiger partial charge in [0.2, 0.25) is 5.06 Å². The number of benzene rings is 1. The molecule has 23 heavy (non-hydrogen) atoms. The zero-order valence-corrected chi connectivity index (χ0v) is 14.7. The van der Waals surface area contributed by atoms with Crippen molar-refractivity contribution in [3.05, 3.63) is 23.8 Å². The second kappa shape index (κ2) is 6.70. The van der Waals surface area contributed by atoms with Crippen molar-refractivity contribution in [2.45, 2.75) is 16.9 Å². The SMILES string of the molecule is COC(=O)NCC1(O)SCCSC2Cc3cc(OC)ccc3N21. The first-order valence-corrected chi connectivity index (χ1v) is 9.37. The second-order valence-corrected chi connectivity index (χ2v) is 7.97. The van der Waals surface area contributed by atoms with Crippen molar-refractivity contribution < 1.29 is 19.4 Å². The van der Waals surface area contributed by atoms with Crippen LogP contribution >= 0.6 is 23.5 Å². The van der Waals surface area contributed by atoms with Crippen molar-refractivity contribution in [2.75, 3.05) is 37.2 Å². The summed E-state index contributed by atoms with van der Waals surface area (Å²) < 4.78 is 9.91. The normalized spacial score (nSPS) is 26.0. The van der Waals surface area contributed by atoms with Gasteiger partial charge in [-0.05, 0) is 23.8 Å². The summed E-state index contributed by atoms with van der Waals surface area (Å²) in [6, 6.07) is 5.89. The Morgan fingerprint density at radius 1 is 1.48 bits per heavy atom. The summed E-state index contributed by atoms with van der Waals surface area (Å²) in [6.45, 7) is 0.104. The molecule has 0 spiro atoms. The molecule has 0 saturated carbocycles. The standard InChI is InChI=1S/C15H20N2O4S2/c1-20-11-3-4-12-10(7-11)8-13-17(12)15(19,23-6-5-22-13)9-16-14(18)21-2/h3-4,7,13,19H,5-6,8-9H2,1-2H3,(H,16,18). The molecule has 2 atom stereocenters. The summed E-state index contributed by atoms with van der Waals surface area (Å²) >= 11 is 3.28. The third kappa shape index (κ3) is 3.20. The molecule has 1 aromatic rings. The van der Waals surface area contributed by atoms with Gasteiger partial charge in [-0.25, -0.2) is 4.79 Å². The number of fused-ring (bicyclic) bond motifs is 3. The van der Waals surface area contributed by atoms with Gasteiger partial charge in [-0.3, -0.25) is 0 Å². The maximum atomic E-state index is 11.4. The number of nitrogens with zero attached hydrogens (tertiary/aromatic N) is 1. The van der Waals surface area contributed by atoms with Gasteiger partial charge in [-0.15, -0.1) is 23.5 Å². The van der Waals surface area contributed by atoms with Crippen molar-refractivity contribution >= 4 is 35.3 Å². The van der Waals surface area contributed by atoms with Crippen LogP contribution in [0.1, 0.15) is 5.56 Å². The van der Waals surface area contributed by atoms with E-state index in [4.69, 9.17) is 4.74 Å². The van der Waals surface area contributed by atoms with E-state index in [1.54, 1.807) is 7.11 Å². The first-order chi connectivity index (χ1) is 11.1. The Balaban J connectivity index is 1.91. The Labute approximate surface area is 143 Å². The summed E-state index contributed by atoms with van der Waals surface area (Å²) in [5.41, 5.74) is 2.15. The molecule has 2 unspecified atom stereocenters. The van der Waals surface area contributed by atoms with E-state index in [-0.39, 0.29) is 11.9 Å². The fraction of sp³-hybridized carbons (Fsp3) is 0.533. The Kier molecular flexibility index (Phi) is 4.84. The highest BCUT2D eigenvalue weighted by Gasteiger charge is 2.46. The highest BCUT2D eigenvalue weighted by Crippen LogP contribution is 2.47. The minimum atomic E-state index is -1.19. The van der Waals surface area contributed by atoms with E-state index in [0.29, 0.717) is 0 Å². The molecule has 126 valence electrons. The second-order valence-electron chi connectivity index (χ2n) is 5.33. The number of aliphatic hydroxyl groups is 1. The van der Waals surface area contributed by atoms with Crippen LogP contribution in [0.25, 0.3) is 0 Å². The van der Waals surface area contributed by atoms with E-state index in [9.17, 15) is 9.90 Å². The molecule has 0 radical (unpaired) electrons. The van der Waals surface area contributed by atoms with Crippen LogP contribution in [0.3, 0.4) is 0 Å². The fourth-order valence-corrected chi connectivity index (χ4v) is 5.58. The molecule has 0 aromatic heterocycles. The minimum absolute atomic E-state index is 0.104. The van der Waals surface area contributed by atoms with Gasteiger partial charge in [-0.2, -0.15) is 0 Å². The van der Waals surface area contributed by atoms with E-state index in [1.165, 1.54) is 18.9 Å². The quantitative estimate of drug-likeness (QED) is 0.857. The largest absolute Gasteiger partial charge is 0.497 e. The maximum absolute atomic E-state index is 11.4. The minimum Gasteiger partial charge on any atom is -0.497 e. The number of ether oxygens (including phenoxy) is 2. The van der Waals surface area contributed by atoms with Crippen molar-refractivity contribution in [3.63, 3.8) is 0 Å². The molecule has 2 N–H and O–H groups in total. The Morgan fingerprint density at radius 2 is 2.30 bits per heavy atom. The lowest BCUT2D eigenvalue weighted by Crippen LogP contribution is -2.55. The number of anilines is 1. The van der Waals surface area contributed by atoms with Gasteiger partial charge in [0.15, 0.2) is 0 Å². The van der Waals surface area contributed by atoms with Crippen LogP contribution in [0.4, 0.5) is 10.5 Å². The number of rotatable bonds is 3. The molecular weight excluding hydrogens is 336 g/mol. The highest BCUT2D eigenvalue weighted by molar-refractivity contribution is 8.04. The number of carbonyl (C=O) groups excluding carboxylic acids is 1. The monoisotopic (exact) mass is 356 g/mol. The van der Waals surface area contributed by atoms with Crippen LogP contribution in [0.2, 0.25) is 0 Å². The first-order valence-electron chi connectivity index (χ1n) is 7.33. The van der Waals surface area contributed by atoms with Crippen molar-refractivity contribution in [1.29, 1.82) is 0 Å². The van der Waals surface area contributed by atoms with Gasteiger partial charge in [0.25, 0.3) is 0 Å². The molecule has 2 aliphatic heterocycles. The summed E-state index contributed by atoms with van der Waals surface area (Å²) in [4.78, 5) is 13.4. The number of nitrogens with one attached hydrogen (secondary N) is 1. The number of amides is 1. The summed E-state index contributed by atoms with van der Waals surface area (Å²) in [7, 11) is 2.96. The number of carbonyl (C=O) groups is 1. The van der Waals surface area contributed by atoms with E-state index >= 15 is 0 Å². The lowest BCUT2D eigenvalue weighted by molar-refractivity contribution is 0.120. The highest BCUT2D eigenvalue weighted by atomic mass is 32.2. The molecule has 2 aliphatic rings. The molecule has 6 nitrogen and oxygen atoms in total. The van der Waals surface area contributed by atoms with E-state index in [2.05, 4.69) is 10.1 Å². The number of hydrogen-bond acceptors (Lipinski definition) is 7. The molecule has 1 amide bonds. The van der Waals surface area contributed by atoms with Crippen LogP contribution in [-0.4, -0.2) is 53.9 Å². The maximum Gasteiger partial charge on any atom is 0.407 e. The summed E-state index contributed by atoms with van der Waals surface area (Å²) in [6.07, 6.45) is 0.305. The fourth-order valence-electron chi connectivity index (χ4n) is 2.92. The zero-order valence-electron chi connectivity index (χ0n) is 13.1. The summed E-state index contributed by atoms with van der Waals surface area (Å²) in [5, 5.41) is 12.8. The van der Waals surface area contributed by atoms with E-state index in [1.807, 2.05) is 34.9 Å². The van der Waals surface area contributed by atoms with Crippen molar-refractivity contribution in [1.82, 2.24) is 5.32 Å². The van der Waals surface area contributed by atoms with Crippen LogP contribution in [0, 0.1) is 0 Å². The van der Waals surface area contributed by atoms with Gasteiger partial charge in [-0.1, -0.05) is 0 Å². The number of hydrogen-bond donors (Lipinski definition) is 2. The molecule has 1 fully saturated rings. The van der Waals surface area contributed by atoms with Gasteiger partial charge >= 0.3 is 6.09 Å². The van der Waals surface area contributed by atoms with Crippen LogP contribution in [-0.2, 0) is 11.2 Å². The number of alkyl carbamates (subject to hydrolysis) is 1. The molecule has 8 heteroatoms. The van der Waals surface area contributed by atoms with Crippen LogP contribution in [0.5, 0.6) is 5.75 Å². The van der Waals surface area contributed by atoms with Crippen LogP contribution in [0.15, 0.2) is 18.2 Å². The van der Waals surface area contributed by atoms with Gasteiger partial charge in [0, 0.05) is 23.6 Å². The topological polar surface area (TPSA) is 71.0 Å². The predicted octanol–water partition coefficient (Wildman–Crippen LogP) is 1.87. The average molecular weight is 356 g/mol. The van der Waals surface area contributed by atoms with Gasteiger partial charge in [0.05, 0.1) is 26.1 Å². The molecule has 3 rings (SSSR count). The molecule has 0 aliphatic carbocycles. The van der Waals surface area contributed by atoms with Gasteiger partial charge < -0.3 is 24.8 Å². The number of thioether (sulfide) groups is 2. The smallest absolute Gasteiger partial charge is 0.407 e. The Bertz CT molecular complexity index is 601. The van der Waals surface area contributed by atoms with Crippen molar-refractivity contribution in [2.24, 2.45) is 0 Å². The van der Waals surface area contributed by atoms with Crippen molar-refractivity contribution in [3.8, 4) is 5.75 Å². The van der Waals surface area contributed by atoms with E-state index in [0.717, 1.165) is 34.9 Å². The van der Waals surface area contributed by atoms with E-state index < -0.39 is 11.2 Å². The molecular formula is C15H20N2O4S2. The molecule has 1 saturated heterocycles. The molecule has 1 aromatic carbocycles. The first kappa shape index (κ1) is 16.6. The predicted molar refractivity (Wildman–Crippen MR) is 93.2 cm³/mol. The third-order valence-corrected chi connectivity index (χ3v) is 6.65. The number of methoxy groups -OCH3 is 2. The lowest BCUT2D eigenvalue weighted by atomic mass is 10.1. The van der Waals surface area contributed by atoms with Crippen LogP contribution < -0.4 is 15.0 Å². The third-order valence-electron chi connectivity index (χ3n) is 3.98. The lowest BCUT2D eigenvalue weighted by Gasteiger charge is -2.40. The Morgan fingerprint density at radius 3 is 3.04 bits per heavy atom. The molecule has 2 heterocycles. The molecule has 0 bridgehead atoms. The average Bonchev–Trinajstić information content (AvgIpc) is 2.86. The zero-order chi connectivity index (χ0) is 16.4. The summed E-state index contributed by atoms with van der Waals surface area (Å²) in [5.74, 6) is 2.59.